The van der Waals surface area contributed by atoms with Crippen molar-refractivity contribution in [3.63, 3.8) is 0 Å². The average molecular weight is 289 g/mol. The van der Waals surface area contributed by atoms with Gasteiger partial charge in [-0.25, -0.2) is 8.42 Å². The van der Waals surface area contributed by atoms with Crippen LogP contribution in [0.4, 0.5) is 0 Å². The largest absolute Gasteiger partial charge is 0.446 e. The van der Waals surface area contributed by atoms with E-state index in [9.17, 15) is 8.42 Å². The van der Waals surface area contributed by atoms with Crippen molar-refractivity contribution in [2.75, 3.05) is 13.1 Å². The molecule has 0 saturated carbocycles. The number of furan rings is 1. The SMILES string of the molecule is CC(C)CN(CC(C)C)S(=O)(=O)c1ccc(CO)o1. The average Bonchev–Trinajstić information content (AvgIpc) is 2.75. The lowest BCUT2D eigenvalue weighted by Gasteiger charge is -2.24. The summed E-state index contributed by atoms with van der Waals surface area (Å²) in [6.07, 6.45) is 0. The third-order valence-electron chi connectivity index (χ3n) is 2.52. The summed E-state index contributed by atoms with van der Waals surface area (Å²) in [7, 11) is -3.62. The summed E-state index contributed by atoms with van der Waals surface area (Å²) in [6, 6.07) is 2.88. The second-order valence-corrected chi connectivity index (χ2v) is 7.36. The van der Waals surface area contributed by atoms with Gasteiger partial charge in [0, 0.05) is 13.1 Å². The lowest BCUT2D eigenvalue weighted by Crippen LogP contribution is -2.36. The Hall–Kier alpha value is -0.850. The van der Waals surface area contributed by atoms with Gasteiger partial charge in [0.1, 0.15) is 12.4 Å². The molecule has 0 bridgehead atoms. The number of aliphatic hydroxyl groups is 1. The molecule has 19 heavy (non-hydrogen) atoms. The minimum absolute atomic E-state index is 0.0992. The summed E-state index contributed by atoms with van der Waals surface area (Å²) < 4.78 is 31.6. The number of hydrogen-bond donors (Lipinski definition) is 1. The number of hydrogen-bond acceptors (Lipinski definition) is 4. The Labute approximate surface area is 115 Å². The molecule has 1 heterocycles. The van der Waals surface area contributed by atoms with Crippen LogP contribution in [0.1, 0.15) is 33.5 Å². The van der Waals surface area contributed by atoms with Crippen LogP contribution in [-0.2, 0) is 16.6 Å². The van der Waals surface area contributed by atoms with E-state index in [4.69, 9.17) is 9.52 Å². The van der Waals surface area contributed by atoms with Crippen LogP contribution >= 0.6 is 0 Å². The van der Waals surface area contributed by atoms with Crippen molar-refractivity contribution < 1.29 is 17.9 Å². The van der Waals surface area contributed by atoms with Gasteiger partial charge in [-0.1, -0.05) is 27.7 Å². The Balaban J connectivity index is 3.03. The molecule has 0 aliphatic heterocycles. The van der Waals surface area contributed by atoms with Crippen LogP contribution in [0.3, 0.4) is 0 Å². The lowest BCUT2D eigenvalue weighted by atomic mass is 10.2. The first-order valence-corrected chi connectivity index (χ1v) is 7.91. The maximum absolute atomic E-state index is 12.5. The molecule has 110 valence electrons. The monoisotopic (exact) mass is 289 g/mol. The second-order valence-electron chi connectivity index (χ2n) is 5.49. The zero-order chi connectivity index (χ0) is 14.6. The van der Waals surface area contributed by atoms with E-state index < -0.39 is 10.0 Å². The van der Waals surface area contributed by atoms with Gasteiger partial charge in [0.2, 0.25) is 5.09 Å². The van der Waals surface area contributed by atoms with Crippen molar-refractivity contribution in [2.24, 2.45) is 11.8 Å². The fourth-order valence-electron chi connectivity index (χ4n) is 1.79. The fraction of sp³-hybridized carbons (Fsp3) is 0.692. The molecule has 1 rings (SSSR count). The predicted octanol–water partition coefficient (Wildman–Crippen LogP) is 2.07. The Morgan fingerprint density at radius 1 is 1.16 bits per heavy atom. The number of aliphatic hydroxyl groups excluding tert-OH is 1. The molecule has 0 aliphatic rings. The molecule has 0 radical (unpaired) electrons. The molecule has 0 spiro atoms. The van der Waals surface area contributed by atoms with Gasteiger partial charge in [0.25, 0.3) is 10.0 Å². The van der Waals surface area contributed by atoms with E-state index >= 15 is 0 Å². The molecule has 6 heteroatoms. The summed E-state index contributed by atoms with van der Waals surface area (Å²) in [5.74, 6) is 0.731. The third-order valence-corrected chi connectivity index (χ3v) is 4.23. The summed E-state index contributed by atoms with van der Waals surface area (Å²) in [5, 5.41) is 8.84. The molecule has 0 aliphatic carbocycles. The minimum atomic E-state index is -3.62. The molecule has 1 N–H and O–H groups in total. The molecule has 0 fully saturated rings. The van der Waals surface area contributed by atoms with E-state index in [1.807, 2.05) is 27.7 Å². The second kappa shape index (κ2) is 6.54. The number of rotatable bonds is 7. The number of nitrogens with zero attached hydrogens (tertiary/aromatic N) is 1. The Bertz CT molecular complexity index is 480. The van der Waals surface area contributed by atoms with E-state index in [1.165, 1.54) is 16.4 Å². The smallest absolute Gasteiger partial charge is 0.276 e. The molecule has 0 aromatic carbocycles. The highest BCUT2D eigenvalue weighted by atomic mass is 32.2. The van der Waals surface area contributed by atoms with Crippen LogP contribution in [0.5, 0.6) is 0 Å². The van der Waals surface area contributed by atoms with Gasteiger partial charge in [-0.15, -0.1) is 0 Å². The van der Waals surface area contributed by atoms with Crippen molar-refractivity contribution >= 4 is 10.0 Å². The molecule has 0 unspecified atom stereocenters. The standard InChI is InChI=1S/C13H23NO4S/c1-10(2)7-14(8-11(3)4)19(16,17)13-6-5-12(9-15)18-13/h5-6,10-11,15H,7-9H2,1-4H3. The van der Waals surface area contributed by atoms with Gasteiger partial charge in [-0.3, -0.25) is 0 Å². The molecular formula is C13H23NO4S. The first-order chi connectivity index (χ1) is 8.77. The first kappa shape index (κ1) is 16.2. The zero-order valence-corrected chi connectivity index (χ0v) is 12.8. The summed E-state index contributed by atoms with van der Waals surface area (Å²) >= 11 is 0. The quantitative estimate of drug-likeness (QED) is 0.834. The normalized spacial score (nSPS) is 12.8. The van der Waals surface area contributed by atoms with Crippen LogP contribution in [0.2, 0.25) is 0 Å². The van der Waals surface area contributed by atoms with Gasteiger partial charge in [0.05, 0.1) is 0 Å². The van der Waals surface area contributed by atoms with E-state index in [0.717, 1.165) is 0 Å². The van der Waals surface area contributed by atoms with Crippen molar-refractivity contribution in [3.05, 3.63) is 17.9 Å². The maximum atomic E-state index is 12.5. The maximum Gasteiger partial charge on any atom is 0.276 e. The summed E-state index contributed by atoms with van der Waals surface area (Å²) in [6.45, 7) is 8.51. The van der Waals surface area contributed by atoms with E-state index in [-0.39, 0.29) is 29.3 Å². The van der Waals surface area contributed by atoms with E-state index in [0.29, 0.717) is 13.1 Å². The van der Waals surface area contributed by atoms with Gasteiger partial charge < -0.3 is 9.52 Å². The van der Waals surface area contributed by atoms with E-state index in [1.54, 1.807) is 0 Å². The van der Waals surface area contributed by atoms with Crippen molar-refractivity contribution in [1.82, 2.24) is 4.31 Å². The van der Waals surface area contributed by atoms with Crippen molar-refractivity contribution in [3.8, 4) is 0 Å². The molecule has 0 atom stereocenters. The molecule has 0 amide bonds. The Morgan fingerprint density at radius 3 is 2.05 bits per heavy atom. The van der Waals surface area contributed by atoms with Gasteiger partial charge in [0.15, 0.2) is 0 Å². The van der Waals surface area contributed by atoms with Gasteiger partial charge >= 0.3 is 0 Å². The predicted molar refractivity (Wildman–Crippen MR) is 73.1 cm³/mol. The molecule has 1 aromatic rings. The van der Waals surface area contributed by atoms with Crippen molar-refractivity contribution in [2.45, 2.75) is 39.4 Å². The van der Waals surface area contributed by atoms with Crippen LogP contribution in [-0.4, -0.2) is 30.9 Å². The minimum Gasteiger partial charge on any atom is -0.446 e. The third kappa shape index (κ3) is 4.33. The highest BCUT2D eigenvalue weighted by molar-refractivity contribution is 7.89. The van der Waals surface area contributed by atoms with Gasteiger partial charge in [-0.05, 0) is 24.0 Å². The van der Waals surface area contributed by atoms with Crippen LogP contribution in [0, 0.1) is 11.8 Å². The fourth-order valence-corrected chi connectivity index (χ4v) is 3.49. The molecule has 5 nitrogen and oxygen atoms in total. The van der Waals surface area contributed by atoms with Crippen LogP contribution in [0.15, 0.2) is 21.6 Å². The molecule has 0 saturated heterocycles. The zero-order valence-electron chi connectivity index (χ0n) is 12.0. The first-order valence-electron chi connectivity index (χ1n) is 6.47. The summed E-state index contributed by atoms with van der Waals surface area (Å²) in [4.78, 5) is 0. The summed E-state index contributed by atoms with van der Waals surface area (Å²) in [5.41, 5.74) is 0. The van der Waals surface area contributed by atoms with Crippen LogP contribution < -0.4 is 0 Å². The lowest BCUT2D eigenvalue weighted by molar-refractivity contribution is 0.234. The highest BCUT2D eigenvalue weighted by Gasteiger charge is 2.28. The highest BCUT2D eigenvalue weighted by Crippen LogP contribution is 2.21. The van der Waals surface area contributed by atoms with Crippen molar-refractivity contribution in [1.29, 1.82) is 0 Å². The van der Waals surface area contributed by atoms with Gasteiger partial charge in [-0.2, -0.15) is 4.31 Å². The molecule has 1 aromatic heterocycles. The molecular weight excluding hydrogens is 266 g/mol. The van der Waals surface area contributed by atoms with Crippen LogP contribution in [0.25, 0.3) is 0 Å². The van der Waals surface area contributed by atoms with E-state index in [2.05, 4.69) is 0 Å². The topological polar surface area (TPSA) is 70.8 Å². The number of sulfonamides is 1. The Morgan fingerprint density at radius 2 is 1.68 bits per heavy atom. The Kier molecular flexibility index (Phi) is 5.58.